The molecule has 2 aromatic heterocycles. The minimum Gasteiger partial charge on any atom is -0.420 e. The minimum atomic E-state index is -0.322. The molecule has 5 rings (SSSR count). The summed E-state index contributed by atoms with van der Waals surface area (Å²) in [5.74, 6) is 0.652. The SMILES string of the molecule is O=C(CCn1cnc2ccccc2c1=O)N1CCC(c2nnc(-c3ccc(F)cc3)o2)CC1. The maximum atomic E-state index is 13.1. The highest BCUT2D eigenvalue weighted by Gasteiger charge is 2.27. The zero-order chi connectivity index (χ0) is 22.8. The third-order valence-electron chi connectivity index (χ3n) is 6.03. The molecule has 9 heteroatoms. The number of benzene rings is 2. The Morgan fingerprint density at radius 2 is 1.82 bits per heavy atom. The summed E-state index contributed by atoms with van der Waals surface area (Å²) in [5.41, 5.74) is 1.18. The fourth-order valence-corrected chi connectivity index (χ4v) is 4.12. The molecule has 1 aliphatic rings. The van der Waals surface area contributed by atoms with E-state index in [-0.39, 0.29) is 29.6 Å². The van der Waals surface area contributed by atoms with Gasteiger partial charge in [0, 0.05) is 37.5 Å². The number of nitrogens with zero attached hydrogens (tertiary/aromatic N) is 5. The average Bonchev–Trinajstić information content (AvgIpc) is 3.34. The lowest BCUT2D eigenvalue weighted by Crippen LogP contribution is -2.38. The number of para-hydroxylation sites is 1. The summed E-state index contributed by atoms with van der Waals surface area (Å²) in [6, 6.07) is 13.1. The van der Waals surface area contributed by atoms with Crippen molar-refractivity contribution in [2.75, 3.05) is 13.1 Å². The van der Waals surface area contributed by atoms with Crippen LogP contribution in [0.2, 0.25) is 0 Å². The first-order chi connectivity index (χ1) is 16.1. The van der Waals surface area contributed by atoms with Gasteiger partial charge in [0.25, 0.3) is 5.56 Å². The van der Waals surface area contributed by atoms with Gasteiger partial charge in [0.1, 0.15) is 5.82 Å². The molecule has 1 saturated heterocycles. The van der Waals surface area contributed by atoms with Crippen LogP contribution in [0.25, 0.3) is 22.4 Å². The number of rotatable bonds is 5. The van der Waals surface area contributed by atoms with Crippen LogP contribution in [-0.2, 0) is 11.3 Å². The van der Waals surface area contributed by atoms with Crippen molar-refractivity contribution in [3.8, 4) is 11.5 Å². The predicted molar refractivity (Wildman–Crippen MR) is 119 cm³/mol. The van der Waals surface area contributed by atoms with Crippen molar-refractivity contribution in [2.45, 2.75) is 31.7 Å². The van der Waals surface area contributed by atoms with Crippen molar-refractivity contribution in [1.82, 2.24) is 24.6 Å². The van der Waals surface area contributed by atoms with Crippen LogP contribution in [0.15, 0.2) is 64.1 Å². The third-order valence-corrected chi connectivity index (χ3v) is 6.03. The molecule has 0 saturated carbocycles. The molecule has 1 amide bonds. The molecule has 0 aliphatic carbocycles. The fraction of sp³-hybridized carbons (Fsp3) is 0.292. The van der Waals surface area contributed by atoms with Gasteiger partial charge >= 0.3 is 0 Å². The standard InChI is InChI=1S/C24H22FN5O3/c25-18-7-5-16(6-8-18)22-27-28-23(33-22)17-9-12-29(13-10-17)21(31)11-14-30-15-26-20-4-2-1-3-19(20)24(30)32/h1-8,15,17H,9-14H2. The van der Waals surface area contributed by atoms with E-state index in [1.807, 2.05) is 11.0 Å². The summed E-state index contributed by atoms with van der Waals surface area (Å²) < 4.78 is 20.4. The Hall–Kier alpha value is -3.88. The van der Waals surface area contributed by atoms with Gasteiger partial charge in [-0.15, -0.1) is 10.2 Å². The van der Waals surface area contributed by atoms with Crippen LogP contribution in [0.3, 0.4) is 0 Å². The van der Waals surface area contributed by atoms with Crippen LogP contribution in [-0.4, -0.2) is 43.6 Å². The van der Waals surface area contributed by atoms with Crippen molar-refractivity contribution < 1.29 is 13.6 Å². The predicted octanol–water partition coefficient (Wildman–Crippen LogP) is 3.38. The molecule has 33 heavy (non-hydrogen) atoms. The van der Waals surface area contributed by atoms with Crippen LogP contribution >= 0.6 is 0 Å². The first-order valence-corrected chi connectivity index (χ1v) is 10.9. The number of likely N-dealkylation sites (tertiary alicyclic amines) is 1. The van der Waals surface area contributed by atoms with Gasteiger partial charge < -0.3 is 9.32 Å². The van der Waals surface area contributed by atoms with Crippen molar-refractivity contribution in [1.29, 1.82) is 0 Å². The van der Waals surface area contributed by atoms with Crippen LogP contribution in [0.1, 0.15) is 31.1 Å². The van der Waals surface area contributed by atoms with Crippen molar-refractivity contribution in [2.24, 2.45) is 0 Å². The minimum absolute atomic E-state index is 0.00559. The van der Waals surface area contributed by atoms with Gasteiger partial charge in [0.15, 0.2) is 0 Å². The van der Waals surface area contributed by atoms with Crippen LogP contribution < -0.4 is 5.56 Å². The molecule has 0 radical (unpaired) electrons. The number of fused-ring (bicyclic) bond motifs is 1. The normalized spacial score (nSPS) is 14.6. The van der Waals surface area contributed by atoms with Gasteiger partial charge in [0.2, 0.25) is 17.7 Å². The number of aromatic nitrogens is 4. The number of hydrogen-bond acceptors (Lipinski definition) is 6. The molecule has 0 unspecified atom stereocenters. The Balaban J connectivity index is 1.17. The highest BCUT2D eigenvalue weighted by atomic mass is 19.1. The lowest BCUT2D eigenvalue weighted by molar-refractivity contribution is -0.132. The van der Waals surface area contributed by atoms with Crippen LogP contribution in [0.4, 0.5) is 4.39 Å². The molecular formula is C24H22FN5O3. The van der Waals surface area contributed by atoms with Crippen molar-refractivity contribution in [3.63, 3.8) is 0 Å². The summed E-state index contributed by atoms with van der Waals surface area (Å²) in [6.45, 7) is 1.46. The highest BCUT2D eigenvalue weighted by Crippen LogP contribution is 2.29. The van der Waals surface area contributed by atoms with Crippen LogP contribution in [0, 0.1) is 5.82 Å². The molecule has 168 valence electrons. The Morgan fingerprint density at radius 1 is 1.06 bits per heavy atom. The maximum Gasteiger partial charge on any atom is 0.261 e. The van der Waals surface area contributed by atoms with Crippen molar-refractivity contribution in [3.05, 3.63) is 76.9 Å². The number of amides is 1. The van der Waals surface area contributed by atoms with Gasteiger partial charge in [-0.3, -0.25) is 14.2 Å². The van der Waals surface area contributed by atoms with Gasteiger partial charge in [-0.2, -0.15) is 0 Å². The largest absolute Gasteiger partial charge is 0.420 e. The topological polar surface area (TPSA) is 94.1 Å². The molecule has 0 bridgehead atoms. The summed E-state index contributed by atoms with van der Waals surface area (Å²) in [7, 11) is 0. The first kappa shape index (κ1) is 21.0. The molecule has 4 aromatic rings. The molecule has 0 spiro atoms. The Bertz CT molecular complexity index is 1340. The van der Waals surface area contributed by atoms with Gasteiger partial charge in [0.05, 0.1) is 17.2 Å². The zero-order valence-corrected chi connectivity index (χ0v) is 17.9. The van der Waals surface area contributed by atoms with E-state index in [0.717, 1.165) is 0 Å². The quantitative estimate of drug-likeness (QED) is 0.466. The van der Waals surface area contributed by atoms with Gasteiger partial charge in [-0.1, -0.05) is 12.1 Å². The Labute approximate surface area is 188 Å². The second kappa shape index (κ2) is 8.93. The second-order valence-electron chi connectivity index (χ2n) is 8.12. The van der Waals surface area contributed by atoms with Gasteiger partial charge in [-0.25, -0.2) is 9.37 Å². The lowest BCUT2D eigenvalue weighted by atomic mass is 9.96. The highest BCUT2D eigenvalue weighted by molar-refractivity contribution is 5.77. The molecule has 0 N–H and O–H groups in total. The molecule has 2 aromatic carbocycles. The van der Waals surface area contributed by atoms with Crippen molar-refractivity contribution >= 4 is 16.8 Å². The maximum absolute atomic E-state index is 13.1. The monoisotopic (exact) mass is 447 g/mol. The van der Waals surface area contributed by atoms with Crippen LogP contribution in [0.5, 0.6) is 0 Å². The molecule has 0 atom stereocenters. The Kier molecular flexibility index (Phi) is 5.68. The summed E-state index contributed by atoms with van der Waals surface area (Å²) in [6.07, 6.45) is 3.17. The van der Waals surface area contributed by atoms with E-state index >= 15 is 0 Å². The fourth-order valence-electron chi connectivity index (χ4n) is 4.12. The number of carbonyl (C=O) groups is 1. The number of halogens is 1. The van der Waals surface area contributed by atoms with E-state index in [4.69, 9.17) is 4.42 Å². The average molecular weight is 447 g/mol. The number of aryl methyl sites for hydroxylation is 1. The summed E-state index contributed by atoms with van der Waals surface area (Å²) in [5, 5.41) is 8.79. The molecule has 1 aliphatic heterocycles. The first-order valence-electron chi connectivity index (χ1n) is 10.9. The zero-order valence-electron chi connectivity index (χ0n) is 17.9. The van der Waals surface area contributed by atoms with E-state index in [0.29, 0.717) is 60.7 Å². The van der Waals surface area contributed by atoms with E-state index in [1.54, 1.807) is 30.3 Å². The second-order valence-corrected chi connectivity index (χ2v) is 8.12. The van der Waals surface area contributed by atoms with E-state index in [1.165, 1.54) is 23.0 Å². The molecule has 3 heterocycles. The summed E-state index contributed by atoms with van der Waals surface area (Å²) >= 11 is 0. The molecule has 1 fully saturated rings. The number of hydrogen-bond donors (Lipinski definition) is 0. The number of piperidine rings is 1. The smallest absolute Gasteiger partial charge is 0.261 e. The summed E-state index contributed by atoms with van der Waals surface area (Å²) in [4.78, 5) is 31.4. The third kappa shape index (κ3) is 4.39. The van der Waals surface area contributed by atoms with E-state index in [2.05, 4.69) is 15.2 Å². The Morgan fingerprint density at radius 3 is 2.61 bits per heavy atom. The van der Waals surface area contributed by atoms with E-state index in [9.17, 15) is 14.0 Å². The molecular weight excluding hydrogens is 425 g/mol. The van der Waals surface area contributed by atoms with E-state index < -0.39 is 0 Å². The van der Waals surface area contributed by atoms with Gasteiger partial charge in [-0.05, 0) is 49.2 Å². The number of carbonyl (C=O) groups excluding carboxylic acids is 1. The lowest BCUT2D eigenvalue weighted by Gasteiger charge is -2.30. The molecule has 8 nitrogen and oxygen atoms in total.